The molecule has 4 rings (SSSR count). The van der Waals surface area contributed by atoms with E-state index in [1.165, 1.54) is 18.2 Å². The summed E-state index contributed by atoms with van der Waals surface area (Å²) in [6.07, 6.45) is 0. The van der Waals surface area contributed by atoms with E-state index in [1.54, 1.807) is 54.0 Å². The number of hydrogen-bond acceptors (Lipinski definition) is 5. The molecule has 170 valence electrons. The lowest BCUT2D eigenvalue weighted by molar-refractivity contribution is 0.102. The van der Waals surface area contributed by atoms with Gasteiger partial charge in [0.05, 0.1) is 20.8 Å². The normalized spacial score (nSPS) is 11.6. The summed E-state index contributed by atoms with van der Waals surface area (Å²) in [5, 5.41) is 2.83. The van der Waals surface area contributed by atoms with E-state index in [9.17, 15) is 18.0 Å². The Balaban J connectivity index is 1.59. The van der Waals surface area contributed by atoms with Crippen LogP contribution in [0.15, 0.2) is 76.4 Å². The molecule has 1 amide bonds. The number of sulfonamides is 1. The van der Waals surface area contributed by atoms with Crippen LogP contribution in [0.4, 0.5) is 11.4 Å². The second-order valence-electron chi connectivity index (χ2n) is 7.92. The molecule has 0 unspecified atom stereocenters. The quantitative estimate of drug-likeness (QED) is 0.405. The monoisotopic (exact) mass is 481 g/mol. The van der Waals surface area contributed by atoms with Gasteiger partial charge < -0.3 is 5.32 Å². The Bertz CT molecular complexity index is 1500. The Morgan fingerprint density at radius 1 is 1.00 bits per heavy atom. The van der Waals surface area contributed by atoms with Gasteiger partial charge in [-0.05, 0) is 68.8 Å². The van der Waals surface area contributed by atoms with Gasteiger partial charge in [-0.15, -0.1) is 0 Å². The molecule has 0 radical (unpaired) electrons. The van der Waals surface area contributed by atoms with E-state index in [-0.39, 0.29) is 21.7 Å². The second-order valence-corrected chi connectivity index (χ2v) is 10.6. The van der Waals surface area contributed by atoms with Crippen LogP contribution in [-0.4, -0.2) is 18.9 Å². The number of rotatable bonds is 6. The van der Waals surface area contributed by atoms with Gasteiger partial charge in [0.15, 0.2) is 0 Å². The van der Waals surface area contributed by atoms with Gasteiger partial charge in [0.25, 0.3) is 15.9 Å². The van der Waals surface area contributed by atoms with E-state index in [1.807, 2.05) is 19.9 Å². The van der Waals surface area contributed by atoms with Gasteiger partial charge in [0.1, 0.15) is 0 Å². The highest BCUT2D eigenvalue weighted by Crippen LogP contribution is 2.26. The molecule has 1 aromatic heterocycles. The van der Waals surface area contributed by atoms with Crippen molar-refractivity contribution in [2.45, 2.75) is 31.7 Å². The Morgan fingerprint density at radius 2 is 1.73 bits per heavy atom. The molecular formula is C24H23N3O4S2. The molecule has 0 atom stereocenters. The summed E-state index contributed by atoms with van der Waals surface area (Å²) < 4.78 is 30.4. The van der Waals surface area contributed by atoms with Crippen molar-refractivity contribution in [3.63, 3.8) is 0 Å². The first-order chi connectivity index (χ1) is 15.7. The maximum absolute atomic E-state index is 12.9. The van der Waals surface area contributed by atoms with Crippen molar-refractivity contribution < 1.29 is 13.2 Å². The maximum Gasteiger partial charge on any atom is 0.308 e. The topological polar surface area (TPSA) is 97.3 Å². The molecule has 7 nitrogen and oxygen atoms in total. The fraction of sp³-hybridized carbons (Fsp3) is 0.167. The second kappa shape index (κ2) is 8.84. The zero-order chi connectivity index (χ0) is 23.8. The van der Waals surface area contributed by atoms with Gasteiger partial charge in [-0.25, -0.2) is 8.42 Å². The summed E-state index contributed by atoms with van der Waals surface area (Å²) in [7, 11) is -3.78. The molecule has 0 spiro atoms. The molecular weight excluding hydrogens is 458 g/mol. The number of aromatic nitrogens is 1. The molecule has 0 aliphatic heterocycles. The number of aryl methyl sites for hydroxylation is 1. The first-order valence-corrected chi connectivity index (χ1v) is 12.6. The fourth-order valence-electron chi connectivity index (χ4n) is 3.48. The highest BCUT2D eigenvalue weighted by Gasteiger charge is 2.17. The van der Waals surface area contributed by atoms with E-state index in [0.29, 0.717) is 22.5 Å². The largest absolute Gasteiger partial charge is 0.322 e. The molecule has 2 N–H and O–H groups in total. The minimum absolute atomic E-state index is 0.0392. The Morgan fingerprint density at radius 3 is 2.42 bits per heavy atom. The Kier molecular flexibility index (Phi) is 6.09. The lowest BCUT2D eigenvalue weighted by Crippen LogP contribution is -2.16. The summed E-state index contributed by atoms with van der Waals surface area (Å²) >= 11 is 1.13. The third-order valence-electron chi connectivity index (χ3n) is 5.19. The van der Waals surface area contributed by atoms with Gasteiger partial charge in [-0.3, -0.25) is 18.9 Å². The van der Waals surface area contributed by atoms with Crippen LogP contribution in [0.3, 0.4) is 0 Å². The van der Waals surface area contributed by atoms with Crippen molar-refractivity contribution >= 4 is 48.9 Å². The number of nitrogens with one attached hydrogen (secondary N) is 2. The predicted octanol–water partition coefficient (Wildman–Crippen LogP) is 5.01. The van der Waals surface area contributed by atoms with Crippen molar-refractivity contribution in [3.8, 4) is 0 Å². The van der Waals surface area contributed by atoms with Crippen molar-refractivity contribution in [2.75, 3.05) is 10.0 Å². The zero-order valence-electron chi connectivity index (χ0n) is 18.3. The molecule has 0 saturated carbocycles. The zero-order valence-corrected chi connectivity index (χ0v) is 20.0. The number of anilines is 2. The number of thiazole rings is 1. The number of benzene rings is 3. The lowest BCUT2D eigenvalue weighted by Gasteiger charge is -2.13. The van der Waals surface area contributed by atoms with Crippen LogP contribution >= 0.6 is 11.3 Å². The van der Waals surface area contributed by atoms with Crippen molar-refractivity contribution in [1.29, 1.82) is 0 Å². The molecule has 0 fully saturated rings. The molecule has 1 heterocycles. The standard InChI is InChI=1S/C24H23N3O4S2/c1-15(2)27-21-12-11-18(14-22(21)32-24(27)29)25-23(28)17-10-9-16(3)20(13-17)26-33(30,31)19-7-5-4-6-8-19/h4-15,26H,1-3H3,(H,25,28). The molecule has 33 heavy (non-hydrogen) atoms. The Hall–Kier alpha value is -3.43. The number of nitrogens with zero attached hydrogens (tertiary/aromatic N) is 1. The van der Waals surface area contributed by atoms with E-state index < -0.39 is 10.0 Å². The van der Waals surface area contributed by atoms with Gasteiger partial charge in [0, 0.05) is 17.3 Å². The summed E-state index contributed by atoms with van der Waals surface area (Å²) in [4.78, 5) is 25.2. The SMILES string of the molecule is Cc1ccc(C(=O)Nc2ccc3c(c2)sc(=O)n3C(C)C)cc1NS(=O)(=O)c1ccccc1. The van der Waals surface area contributed by atoms with E-state index in [0.717, 1.165) is 21.6 Å². The molecule has 0 bridgehead atoms. The molecule has 4 aromatic rings. The fourth-order valence-corrected chi connectivity index (χ4v) is 5.68. The number of amides is 1. The number of fused-ring (bicyclic) bond motifs is 1. The Labute approximate surface area is 195 Å². The minimum atomic E-state index is -3.78. The summed E-state index contributed by atoms with van der Waals surface area (Å²) in [5.41, 5.74) is 2.70. The predicted molar refractivity (Wildman–Crippen MR) is 133 cm³/mol. The molecule has 3 aromatic carbocycles. The van der Waals surface area contributed by atoms with Crippen LogP contribution in [0.25, 0.3) is 10.2 Å². The first-order valence-electron chi connectivity index (χ1n) is 10.3. The number of hydrogen-bond donors (Lipinski definition) is 2. The molecule has 0 aliphatic rings. The van der Waals surface area contributed by atoms with Gasteiger partial charge in [0.2, 0.25) is 0 Å². The average molecular weight is 482 g/mol. The van der Waals surface area contributed by atoms with Crippen LogP contribution in [0.1, 0.15) is 35.8 Å². The summed E-state index contributed by atoms with van der Waals surface area (Å²) in [5.74, 6) is -0.384. The van der Waals surface area contributed by atoms with Crippen molar-refractivity contribution in [3.05, 3.63) is 87.5 Å². The van der Waals surface area contributed by atoms with Crippen molar-refractivity contribution in [1.82, 2.24) is 4.57 Å². The molecule has 0 aliphatic carbocycles. The lowest BCUT2D eigenvalue weighted by atomic mass is 10.1. The number of carbonyl (C=O) groups is 1. The highest BCUT2D eigenvalue weighted by atomic mass is 32.2. The highest BCUT2D eigenvalue weighted by molar-refractivity contribution is 7.92. The van der Waals surface area contributed by atoms with E-state index >= 15 is 0 Å². The first kappa shape index (κ1) is 22.8. The van der Waals surface area contributed by atoms with Crippen LogP contribution in [0.5, 0.6) is 0 Å². The van der Waals surface area contributed by atoms with Gasteiger partial charge in [-0.2, -0.15) is 0 Å². The third-order valence-corrected chi connectivity index (χ3v) is 7.48. The smallest absolute Gasteiger partial charge is 0.308 e. The van der Waals surface area contributed by atoms with Crippen LogP contribution < -0.4 is 14.9 Å². The summed E-state index contributed by atoms with van der Waals surface area (Å²) in [6, 6.07) is 18.3. The number of carbonyl (C=O) groups excluding carboxylic acids is 1. The van der Waals surface area contributed by atoms with E-state index in [2.05, 4.69) is 10.0 Å². The van der Waals surface area contributed by atoms with Crippen LogP contribution in [-0.2, 0) is 10.0 Å². The molecule has 0 saturated heterocycles. The maximum atomic E-state index is 12.9. The van der Waals surface area contributed by atoms with Crippen LogP contribution in [0, 0.1) is 6.92 Å². The molecule has 9 heteroatoms. The van der Waals surface area contributed by atoms with Gasteiger partial charge in [-0.1, -0.05) is 35.6 Å². The van der Waals surface area contributed by atoms with Crippen molar-refractivity contribution in [2.24, 2.45) is 0 Å². The van der Waals surface area contributed by atoms with E-state index in [4.69, 9.17) is 0 Å². The average Bonchev–Trinajstić information content (AvgIpc) is 3.10. The van der Waals surface area contributed by atoms with Gasteiger partial charge >= 0.3 is 4.87 Å². The minimum Gasteiger partial charge on any atom is -0.322 e. The summed E-state index contributed by atoms with van der Waals surface area (Å²) in [6.45, 7) is 5.66. The van der Waals surface area contributed by atoms with Crippen LogP contribution in [0.2, 0.25) is 0 Å². The third kappa shape index (κ3) is 4.69.